The van der Waals surface area contributed by atoms with Crippen LogP contribution >= 0.6 is 11.5 Å². The van der Waals surface area contributed by atoms with E-state index in [1.165, 1.54) is 11.6 Å². The van der Waals surface area contributed by atoms with Gasteiger partial charge in [-0.25, -0.2) is 4.79 Å². The molecule has 0 aliphatic carbocycles. The van der Waals surface area contributed by atoms with Crippen molar-refractivity contribution in [2.24, 2.45) is 0 Å². The predicted molar refractivity (Wildman–Crippen MR) is 116 cm³/mol. The number of nitrogens with zero attached hydrogens (tertiary/aromatic N) is 4. The minimum absolute atomic E-state index is 0.00174. The average Bonchev–Trinajstić information content (AvgIpc) is 3.27. The molecule has 0 radical (unpaired) electrons. The van der Waals surface area contributed by atoms with E-state index in [1.807, 2.05) is 18.5 Å². The predicted octanol–water partition coefficient (Wildman–Crippen LogP) is 3.54. The van der Waals surface area contributed by atoms with Crippen molar-refractivity contribution < 1.29 is 14.3 Å². The fourth-order valence-electron chi connectivity index (χ4n) is 2.89. The standard InChI is InChI=1S/C21H23N5O3S/c1-5-29-21(28)19-20(30-25-23-19)22-18(27)11-10-17-14(3)24-26(15(17)4)12-16-8-6-13(2)7-9-16/h6-11H,5,12H2,1-4H3,(H,22,27)/b11-10+. The third-order valence-corrected chi connectivity index (χ3v) is 5.13. The number of aryl methyl sites for hydroxylation is 2. The van der Waals surface area contributed by atoms with E-state index in [0.717, 1.165) is 34.0 Å². The molecule has 0 saturated carbocycles. The van der Waals surface area contributed by atoms with Crippen LogP contribution in [0.1, 0.15) is 45.5 Å². The highest BCUT2D eigenvalue weighted by molar-refractivity contribution is 7.10. The quantitative estimate of drug-likeness (QED) is 0.459. The van der Waals surface area contributed by atoms with Crippen molar-refractivity contribution in [1.29, 1.82) is 0 Å². The third kappa shape index (κ3) is 4.98. The molecule has 3 aromatic rings. The van der Waals surface area contributed by atoms with Crippen LogP contribution in [0.4, 0.5) is 5.00 Å². The first-order valence-electron chi connectivity index (χ1n) is 9.47. The number of ether oxygens (including phenoxy) is 1. The summed E-state index contributed by atoms with van der Waals surface area (Å²) in [4.78, 5) is 24.2. The molecule has 0 atom stereocenters. The molecule has 0 saturated heterocycles. The van der Waals surface area contributed by atoms with E-state index in [2.05, 4.69) is 51.2 Å². The zero-order valence-electron chi connectivity index (χ0n) is 17.3. The number of esters is 1. The number of aromatic nitrogens is 4. The number of nitrogens with one attached hydrogen (secondary N) is 1. The summed E-state index contributed by atoms with van der Waals surface area (Å²) in [5, 5.41) is 11.2. The van der Waals surface area contributed by atoms with E-state index in [9.17, 15) is 9.59 Å². The van der Waals surface area contributed by atoms with Crippen molar-refractivity contribution in [3.8, 4) is 0 Å². The largest absolute Gasteiger partial charge is 0.461 e. The second kappa shape index (κ2) is 9.45. The molecule has 1 amide bonds. The van der Waals surface area contributed by atoms with Gasteiger partial charge in [0.25, 0.3) is 0 Å². The van der Waals surface area contributed by atoms with E-state index in [-0.39, 0.29) is 17.3 Å². The van der Waals surface area contributed by atoms with Gasteiger partial charge in [0.2, 0.25) is 11.6 Å². The normalized spacial score (nSPS) is 11.1. The topological polar surface area (TPSA) is 99.0 Å². The Labute approximate surface area is 178 Å². The lowest BCUT2D eigenvalue weighted by molar-refractivity contribution is -0.111. The van der Waals surface area contributed by atoms with Gasteiger partial charge in [-0.3, -0.25) is 9.48 Å². The summed E-state index contributed by atoms with van der Waals surface area (Å²) in [6.07, 6.45) is 3.12. The Kier molecular flexibility index (Phi) is 6.73. The van der Waals surface area contributed by atoms with Crippen LogP contribution in [-0.4, -0.2) is 37.9 Å². The number of hydrogen-bond donors (Lipinski definition) is 1. The van der Waals surface area contributed by atoms with Crippen LogP contribution in [0.25, 0.3) is 6.08 Å². The lowest BCUT2D eigenvalue weighted by atomic mass is 10.1. The Balaban J connectivity index is 1.71. The summed E-state index contributed by atoms with van der Waals surface area (Å²) in [6.45, 7) is 8.50. The van der Waals surface area contributed by atoms with Crippen LogP contribution in [0.5, 0.6) is 0 Å². The molecule has 0 spiro atoms. The minimum atomic E-state index is -0.616. The molecule has 9 heteroatoms. The van der Waals surface area contributed by atoms with Crippen molar-refractivity contribution in [2.45, 2.75) is 34.2 Å². The Morgan fingerprint density at radius 1 is 1.20 bits per heavy atom. The van der Waals surface area contributed by atoms with Crippen molar-refractivity contribution in [3.05, 3.63) is 64.1 Å². The third-order valence-electron chi connectivity index (χ3n) is 4.49. The maximum atomic E-state index is 12.3. The molecule has 0 aliphatic heterocycles. The zero-order valence-corrected chi connectivity index (χ0v) is 18.1. The number of carbonyl (C=O) groups is 2. The van der Waals surface area contributed by atoms with E-state index >= 15 is 0 Å². The van der Waals surface area contributed by atoms with Gasteiger partial charge in [-0.15, -0.1) is 5.10 Å². The Bertz CT molecular complexity index is 1080. The molecule has 2 aromatic heterocycles. The Morgan fingerprint density at radius 3 is 2.63 bits per heavy atom. The lowest BCUT2D eigenvalue weighted by Crippen LogP contribution is -2.12. The van der Waals surface area contributed by atoms with Gasteiger partial charge in [0.15, 0.2) is 5.00 Å². The molecule has 1 aromatic carbocycles. The first kappa shape index (κ1) is 21.4. The average molecular weight is 426 g/mol. The van der Waals surface area contributed by atoms with Gasteiger partial charge in [-0.2, -0.15) is 5.10 Å². The van der Waals surface area contributed by atoms with Crippen LogP contribution in [0.15, 0.2) is 30.3 Å². The van der Waals surface area contributed by atoms with Crippen molar-refractivity contribution in [1.82, 2.24) is 19.4 Å². The van der Waals surface area contributed by atoms with E-state index < -0.39 is 11.9 Å². The summed E-state index contributed by atoms with van der Waals surface area (Å²) in [6, 6.07) is 8.31. The smallest absolute Gasteiger partial charge is 0.362 e. The van der Waals surface area contributed by atoms with Crippen LogP contribution < -0.4 is 5.32 Å². The number of rotatable bonds is 7. The maximum absolute atomic E-state index is 12.3. The molecule has 30 heavy (non-hydrogen) atoms. The monoisotopic (exact) mass is 425 g/mol. The highest BCUT2D eigenvalue weighted by atomic mass is 32.1. The molecular weight excluding hydrogens is 402 g/mol. The molecule has 8 nitrogen and oxygen atoms in total. The summed E-state index contributed by atoms with van der Waals surface area (Å²) in [7, 11) is 0. The highest BCUT2D eigenvalue weighted by Gasteiger charge is 2.19. The number of amides is 1. The Morgan fingerprint density at radius 2 is 1.93 bits per heavy atom. The van der Waals surface area contributed by atoms with Gasteiger partial charge in [0, 0.05) is 28.9 Å². The molecule has 0 fully saturated rings. The number of benzene rings is 1. The van der Waals surface area contributed by atoms with Crippen LogP contribution in [0.3, 0.4) is 0 Å². The van der Waals surface area contributed by atoms with Crippen LogP contribution in [0, 0.1) is 20.8 Å². The maximum Gasteiger partial charge on any atom is 0.362 e. The van der Waals surface area contributed by atoms with Gasteiger partial charge in [0.1, 0.15) is 0 Å². The van der Waals surface area contributed by atoms with Gasteiger partial charge < -0.3 is 10.1 Å². The number of carbonyl (C=O) groups excluding carboxylic acids is 2. The number of anilines is 1. The number of hydrogen-bond acceptors (Lipinski definition) is 7. The van der Waals surface area contributed by atoms with E-state index in [4.69, 9.17) is 4.74 Å². The van der Waals surface area contributed by atoms with Crippen LogP contribution in [0.2, 0.25) is 0 Å². The molecular formula is C21H23N5O3S. The molecule has 3 rings (SSSR count). The fraction of sp³-hybridized carbons (Fsp3) is 0.286. The molecule has 0 aliphatic rings. The molecule has 0 bridgehead atoms. The SMILES string of the molecule is CCOC(=O)c1nnsc1NC(=O)/C=C/c1c(C)nn(Cc2ccc(C)cc2)c1C. The Hall–Kier alpha value is -3.33. The minimum Gasteiger partial charge on any atom is -0.461 e. The van der Waals surface area contributed by atoms with Gasteiger partial charge >= 0.3 is 5.97 Å². The summed E-state index contributed by atoms with van der Waals surface area (Å²) >= 11 is 0.922. The molecule has 1 N–H and O–H groups in total. The van der Waals surface area contributed by atoms with Crippen molar-refractivity contribution in [3.63, 3.8) is 0 Å². The molecule has 2 heterocycles. The second-order valence-electron chi connectivity index (χ2n) is 6.72. The molecule has 0 unspecified atom stereocenters. The summed E-state index contributed by atoms with van der Waals surface area (Å²) in [5.74, 6) is -1.01. The second-order valence-corrected chi connectivity index (χ2v) is 7.48. The van der Waals surface area contributed by atoms with Gasteiger partial charge in [0.05, 0.1) is 18.8 Å². The van der Waals surface area contributed by atoms with Crippen LogP contribution in [-0.2, 0) is 16.1 Å². The highest BCUT2D eigenvalue weighted by Crippen LogP contribution is 2.20. The zero-order chi connectivity index (χ0) is 21.7. The van der Waals surface area contributed by atoms with E-state index in [0.29, 0.717) is 6.54 Å². The van der Waals surface area contributed by atoms with Crippen molar-refractivity contribution >= 4 is 34.5 Å². The lowest BCUT2D eigenvalue weighted by Gasteiger charge is -2.05. The van der Waals surface area contributed by atoms with Gasteiger partial charge in [-0.05, 0) is 39.3 Å². The first-order valence-corrected chi connectivity index (χ1v) is 10.2. The molecule has 156 valence electrons. The first-order chi connectivity index (χ1) is 14.4. The fourth-order valence-corrected chi connectivity index (χ4v) is 3.45. The van der Waals surface area contributed by atoms with Gasteiger partial charge in [-0.1, -0.05) is 34.3 Å². The van der Waals surface area contributed by atoms with E-state index in [1.54, 1.807) is 13.0 Å². The van der Waals surface area contributed by atoms with Crippen molar-refractivity contribution in [2.75, 3.05) is 11.9 Å². The summed E-state index contributed by atoms with van der Waals surface area (Å²) < 4.78 is 10.5. The summed E-state index contributed by atoms with van der Waals surface area (Å²) in [5.41, 5.74) is 5.04.